The Bertz CT molecular complexity index is 624. The summed E-state index contributed by atoms with van der Waals surface area (Å²) in [5.74, 6) is 0.454. The van der Waals surface area contributed by atoms with E-state index < -0.39 is 0 Å². The van der Waals surface area contributed by atoms with E-state index in [1.165, 1.54) is 26.9 Å². The Morgan fingerprint density at radius 1 is 1.35 bits per heavy atom. The van der Waals surface area contributed by atoms with E-state index in [2.05, 4.69) is 57.4 Å². The van der Waals surface area contributed by atoms with E-state index in [1.54, 1.807) is 0 Å². The quantitative estimate of drug-likeness (QED) is 0.914. The van der Waals surface area contributed by atoms with Crippen molar-refractivity contribution in [1.82, 2.24) is 10.3 Å². The van der Waals surface area contributed by atoms with Gasteiger partial charge in [0, 0.05) is 28.3 Å². The zero-order chi connectivity index (χ0) is 14.1. The molecule has 1 aliphatic carbocycles. The number of likely N-dealkylation sites (N-methyl/N-ethyl adjacent to an activating group) is 1. The van der Waals surface area contributed by atoms with Crippen LogP contribution in [-0.2, 0) is 6.42 Å². The van der Waals surface area contributed by atoms with Gasteiger partial charge in [-0.3, -0.25) is 4.98 Å². The highest BCUT2D eigenvalue weighted by Gasteiger charge is 2.31. The van der Waals surface area contributed by atoms with Gasteiger partial charge in [0.1, 0.15) is 0 Å². The van der Waals surface area contributed by atoms with Gasteiger partial charge < -0.3 is 5.32 Å². The average molecular weight is 331 g/mol. The Hall–Kier alpha value is -1.19. The van der Waals surface area contributed by atoms with Crippen molar-refractivity contribution in [3.8, 4) is 0 Å². The number of rotatable bonds is 3. The molecule has 3 rings (SSSR count). The molecule has 0 saturated heterocycles. The summed E-state index contributed by atoms with van der Waals surface area (Å²) >= 11 is 3.72. The molecule has 1 aromatic heterocycles. The fourth-order valence-electron chi connectivity index (χ4n) is 3.23. The third-order valence-corrected chi connectivity index (χ3v) is 4.89. The van der Waals surface area contributed by atoms with Crippen LogP contribution in [0.3, 0.4) is 0 Å². The zero-order valence-electron chi connectivity index (χ0n) is 11.9. The van der Waals surface area contributed by atoms with Gasteiger partial charge in [-0.05, 0) is 55.6 Å². The Balaban J connectivity index is 1.99. The second-order valence-electron chi connectivity index (χ2n) is 5.48. The van der Waals surface area contributed by atoms with Gasteiger partial charge in [0.15, 0.2) is 0 Å². The number of nitrogens with zero attached hydrogens (tertiary/aromatic N) is 1. The maximum atomic E-state index is 4.63. The number of halogens is 1. The van der Waals surface area contributed by atoms with Crippen LogP contribution in [0.1, 0.15) is 40.8 Å². The van der Waals surface area contributed by atoms with E-state index in [0.29, 0.717) is 12.0 Å². The third-order valence-electron chi connectivity index (χ3n) is 4.21. The standard InChI is InChI=1S/C17H19BrN2/c1-11-5-7-13(15(18)10-11)17(19-2)14-8-6-12-4-3-9-20-16(12)14/h3-5,7,9-10,14,17,19H,6,8H2,1-2H3. The second kappa shape index (κ2) is 5.66. The summed E-state index contributed by atoms with van der Waals surface area (Å²) in [6, 6.07) is 11.1. The molecular formula is C17H19BrN2. The van der Waals surface area contributed by atoms with Crippen molar-refractivity contribution in [2.24, 2.45) is 0 Å². The summed E-state index contributed by atoms with van der Waals surface area (Å²) in [6.45, 7) is 2.12. The maximum Gasteiger partial charge on any atom is 0.0485 e. The number of benzene rings is 1. The van der Waals surface area contributed by atoms with Crippen LogP contribution < -0.4 is 5.32 Å². The molecular weight excluding hydrogens is 312 g/mol. The second-order valence-corrected chi connectivity index (χ2v) is 6.34. The predicted octanol–water partition coefficient (Wildman–Crippen LogP) is 4.14. The summed E-state index contributed by atoms with van der Waals surface area (Å²) < 4.78 is 1.18. The third kappa shape index (κ3) is 2.40. The summed E-state index contributed by atoms with van der Waals surface area (Å²) in [6.07, 6.45) is 4.21. The first kappa shape index (κ1) is 13.8. The van der Waals surface area contributed by atoms with Crippen LogP contribution >= 0.6 is 15.9 Å². The van der Waals surface area contributed by atoms with Crippen molar-refractivity contribution in [1.29, 1.82) is 0 Å². The number of fused-ring (bicyclic) bond motifs is 1. The number of pyridine rings is 1. The highest BCUT2D eigenvalue weighted by molar-refractivity contribution is 9.10. The fourth-order valence-corrected chi connectivity index (χ4v) is 3.97. The molecule has 0 aliphatic heterocycles. The molecule has 2 atom stereocenters. The van der Waals surface area contributed by atoms with Crippen molar-refractivity contribution < 1.29 is 0 Å². The average Bonchev–Trinajstić information content (AvgIpc) is 2.86. The number of nitrogens with one attached hydrogen (secondary N) is 1. The highest BCUT2D eigenvalue weighted by atomic mass is 79.9. The fraction of sp³-hybridized carbons (Fsp3) is 0.353. The molecule has 3 heteroatoms. The lowest BCUT2D eigenvalue weighted by Crippen LogP contribution is -2.23. The van der Waals surface area contributed by atoms with Gasteiger partial charge in [0.2, 0.25) is 0 Å². The minimum Gasteiger partial charge on any atom is -0.312 e. The zero-order valence-corrected chi connectivity index (χ0v) is 13.4. The van der Waals surface area contributed by atoms with E-state index in [-0.39, 0.29) is 0 Å². The number of aromatic nitrogens is 1. The van der Waals surface area contributed by atoms with Crippen LogP contribution in [0.4, 0.5) is 0 Å². The maximum absolute atomic E-state index is 4.63. The first-order valence-corrected chi connectivity index (χ1v) is 7.87. The Morgan fingerprint density at radius 3 is 2.95 bits per heavy atom. The lowest BCUT2D eigenvalue weighted by molar-refractivity contribution is 0.468. The van der Waals surface area contributed by atoms with Crippen molar-refractivity contribution in [2.75, 3.05) is 7.05 Å². The predicted molar refractivity (Wildman–Crippen MR) is 86.0 cm³/mol. The molecule has 2 unspecified atom stereocenters. The van der Waals surface area contributed by atoms with Gasteiger partial charge in [0.05, 0.1) is 0 Å². The lowest BCUT2D eigenvalue weighted by atomic mass is 9.90. The Morgan fingerprint density at radius 2 is 2.20 bits per heavy atom. The van der Waals surface area contributed by atoms with E-state index in [9.17, 15) is 0 Å². The van der Waals surface area contributed by atoms with Crippen LogP contribution in [-0.4, -0.2) is 12.0 Å². The molecule has 1 heterocycles. The minimum atomic E-state index is 0.307. The number of aryl methyl sites for hydroxylation is 2. The molecule has 1 aliphatic rings. The molecule has 20 heavy (non-hydrogen) atoms. The van der Waals surface area contributed by atoms with Crippen LogP contribution in [0.25, 0.3) is 0 Å². The van der Waals surface area contributed by atoms with Crippen molar-refractivity contribution in [3.05, 3.63) is 63.4 Å². The molecule has 1 aromatic carbocycles. The van der Waals surface area contributed by atoms with E-state index in [1.807, 2.05) is 19.3 Å². The summed E-state index contributed by atoms with van der Waals surface area (Å²) in [5, 5.41) is 3.49. The molecule has 0 amide bonds. The first-order valence-electron chi connectivity index (χ1n) is 7.08. The van der Waals surface area contributed by atoms with Gasteiger partial charge in [-0.15, -0.1) is 0 Å². The van der Waals surface area contributed by atoms with Gasteiger partial charge >= 0.3 is 0 Å². The normalized spacial score (nSPS) is 18.9. The molecule has 2 nitrogen and oxygen atoms in total. The van der Waals surface area contributed by atoms with Crippen molar-refractivity contribution >= 4 is 15.9 Å². The monoisotopic (exact) mass is 330 g/mol. The van der Waals surface area contributed by atoms with Gasteiger partial charge in [-0.2, -0.15) is 0 Å². The van der Waals surface area contributed by atoms with Crippen LogP contribution in [0.2, 0.25) is 0 Å². The van der Waals surface area contributed by atoms with Crippen LogP contribution in [0.15, 0.2) is 41.0 Å². The molecule has 0 spiro atoms. The van der Waals surface area contributed by atoms with Crippen LogP contribution in [0.5, 0.6) is 0 Å². The van der Waals surface area contributed by atoms with E-state index in [4.69, 9.17) is 0 Å². The Labute approximate surface area is 128 Å². The molecule has 2 aromatic rings. The minimum absolute atomic E-state index is 0.307. The van der Waals surface area contributed by atoms with Gasteiger partial charge in [0.25, 0.3) is 0 Å². The lowest BCUT2D eigenvalue weighted by Gasteiger charge is -2.25. The van der Waals surface area contributed by atoms with E-state index in [0.717, 1.165) is 12.8 Å². The molecule has 0 bridgehead atoms. The summed E-state index contributed by atoms with van der Waals surface area (Å²) in [5.41, 5.74) is 5.27. The molecule has 0 fully saturated rings. The van der Waals surface area contributed by atoms with Crippen LogP contribution in [0, 0.1) is 6.92 Å². The summed E-state index contributed by atoms with van der Waals surface area (Å²) in [7, 11) is 2.04. The van der Waals surface area contributed by atoms with Gasteiger partial charge in [-0.25, -0.2) is 0 Å². The smallest absolute Gasteiger partial charge is 0.0485 e. The first-order chi connectivity index (χ1) is 9.70. The van der Waals surface area contributed by atoms with E-state index >= 15 is 0 Å². The molecule has 104 valence electrons. The molecule has 0 radical (unpaired) electrons. The Kier molecular flexibility index (Phi) is 3.90. The van der Waals surface area contributed by atoms with Gasteiger partial charge in [-0.1, -0.05) is 34.1 Å². The highest BCUT2D eigenvalue weighted by Crippen LogP contribution is 2.42. The topological polar surface area (TPSA) is 24.9 Å². The molecule has 0 saturated carbocycles. The van der Waals surface area contributed by atoms with Crippen molar-refractivity contribution in [3.63, 3.8) is 0 Å². The van der Waals surface area contributed by atoms with Crippen molar-refractivity contribution in [2.45, 2.75) is 31.7 Å². The molecule has 1 N–H and O–H groups in total. The number of hydrogen-bond donors (Lipinski definition) is 1. The largest absolute Gasteiger partial charge is 0.312 e. The summed E-state index contributed by atoms with van der Waals surface area (Å²) in [4.78, 5) is 4.63. The SMILES string of the molecule is CNC(c1ccc(C)cc1Br)C1CCc2cccnc21. The number of hydrogen-bond acceptors (Lipinski definition) is 2.